The number of benzene rings is 1. The molecule has 1 aliphatic rings. The SMILES string of the molecule is CCc1ccc(C(CC)NC(C)C2CCC2)cc1. The third kappa shape index (κ3) is 3.14. The first-order valence-corrected chi connectivity index (χ1v) is 7.59. The van der Waals surface area contributed by atoms with Gasteiger partial charge in [0.1, 0.15) is 0 Å². The second kappa shape index (κ2) is 6.38. The van der Waals surface area contributed by atoms with Gasteiger partial charge in [0.25, 0.3) is 0 Å². The molecule has 0 aromatic heterocycles. The average molecular weight is 245 g/mol. The fourth-order valence-electron chi connectivity index (χ4n) is 2.83. The van der Waals surface area contributed by atoms with E-state index in [1.54, 1.807) is 0 Å². The standard InChI is InChI=1S/C17H27N/c1-4-14-9-11-16(12-10-14)17(5-2)18-13(3)15-7-6-8-15/h9-13,15,17-18H,4-8H2,1-3H3. The van der Waals surface area contributed by atoms with Crippen LogP contribution in [0, 0.1) is 5.92 Å². The fourth-order valence-corrected chi connectivity index (χ4v) is 2.83. The van der Waals surface area contributed by atoms with E-state index in [0.29, 0.717) is 12.1 Å². The highest BCUT2D eigenvalue weighted by Gasteiger charge is 2.25. The number of rotatable bonds is 6. The van der Waals surface area contributed by atoms with Crippen molar-refractivity contribution in [2.75, 3.05) is 0 Å². The van der Waals surface area contributed by atoms with Gasteiger partial charge >= 0.3 is 0 Å². The molecule has 2 rings (SSSR count). The summed E-state index contributed by atoms with van der Waals surface area (Å²) in [6, 6.07) is 10.3. The van der Waals surface area contributed by atoms with Crippen molar-refractivity contribution >= 4 is 0 Å². The maximum Gasteiger partial charge on any atom is 0.0320 e. The van der Waals surface area contributed by atoms with Crippen LogP contribution in [0.1, 0.15) is 63.6 Å². The fraction of sp³-hybridized carbons (Fsp3) is 0.647. The lowest BCUT2D eigenvalue weighted by atomic mass is 9.80. The Hall–Kier alpha value is -0.820. The van der Waals surface area contributed by atoms with E-state index in [1.807, 2.05) is 0 Å². The topological polar surface area (TPSA) is 12.0 Å². The molecule has 18 heavy (non-hydrogen) atoms. The molecule has 1 nitrogen and oxygen atoms in total. The second-order valence-electron chi connectivity index (χ2n) is 5.70. The molecule has 1 aromatic rings. The summed E-state index contributed by atoms with van der Waals surface area (Å²) >= 11 is 0. The predicted octanol–water partition coefficient (Wildman–Crippen LogP) is 4.48. The minimum Gasteiger partial charge on any atom is -0.307 e. The van der Waals surface area contributed by atoms with Crippen molar-refractivity contribution in [2.45, 2.75) is 65.0 Å². The summed E-state index contributed by atoms with van der Waals surface area (Å²) in [5, 5.41) is 3.82. The van der Waals surface area contributed by atoms with Crippen LogP contribution in [0.15, 0.2) is 24.3 Å². The van der Waals surface area contributed by atoms with Gasteiger partial charge in [-0.1, -0.05) is 44.5 Å². The van der Waals surface area contributed by atoms with Crippen LogP contribution in [0.25, 0.3) is 0 Å². The zero-order chi connectivity index (χ0) is 13.0. The average Bonchev–Trinajstić information content (AvgIpc) is 2.34. The molecule has 1 saturated carbocycles. The summed E-state index contributed by atoms with van der Waals surface area (Å²) in [4.78, 5) is 0. The molecule has 0 bridgehead atoms. The smallest absolute Gasteiger partial charge is 0.0320 e. The third-order valence-corrected chi connectivity index (χ3v) is 4.52. The van der Waals surface area contributed by atoms with Gasteiger partial charge < -0.3 is 5.32 Å². The molecule has 1 heteroatoms. The van der Waals surface area contributed by atoms with Crippen LogP contribution in [-0.4, -0.2) is 6.04 Å². The molecule has 0 aliphatic heterocycles. The van der Waals surface area contributed by atoms with Crippen LogP contribution in [0.5, 0.6) is 0 Å². The van der Waals surface area contributed by atoms with E-state index >= 15 is 0 Å². The Morgan fingerprint density at radius 3 is 2.28 bits per heavy atom. The van der Waals surface area contributed by atoms with Gasteiger partial charge in [-0.15, -0.1) is 0 Å². The predicted molar refractivity (Wildman–Crippen MR) is 78.8 cm³/mol. The van der Waals surface area contributed by atoms with Crippen molar-refractivity contribution in [3.05, 3.63) is 35.4 Å². The van der Waals surface area contributed by atoms with Gasteiger partial charge in [-0.05, 0) is 49.7 Å². The van der Waals surface area contributed by atoms with E-state index in [9.17, 15) is 0 Å². The number of hydrogen-bond donors (Lipinski definition) is 1. The van der Waals surface area contributed by atoms with E-state index < -0.39 is 0 Å². The normalized spacial score (nSPS) is 19.3. The summed E-state index contributed by atoms with van der Waals surface area (Å²) in [6.45, 7) is 6.84. The minimum atomic E-state index is 0.520. The monoisotopic (exact) mass is 245 g/mol. The van der Waals surface area contributed by atoms with Gasteiger partial charge in [-0.3, -0.25) is 0 Å². The lowest BCUT2D eigenvalue weighted by Gasteiger charge is -2.34. The Labute approximate surface area is 112 Å². The van der Waals surface area contributed by atoms with Crippen molar-refractivity contribution in [2.24, 2.45) is 5.92 Å². The molecule has 1 fully saturated rings. The van der Waals surface area contributed by atoms with Crippen molar-refractivity contribution in [1.29, 1.82) is 0 Å². The molecule has 2 atom stereocenters. The van der Waals surface area contributed by atoms with Crippen molar-refractivity contribution < 1.29 is 0 Å². The molecule has 1 N–H and O–H groups in total. The Kier molecular flexibility index (Phi) is 4.82. The lowest BCUT2D eigenvalue weighted by molar-refractivity contribution is 0.225. The first-order chi connectivity index (χ1) is 8.74. The number of nitrogens with one attached hydrogen (secondary N) is 1. The highest BCUT2D eigenvalue weighted by molar-refractivity contribution is 5.25. The zero-order valence-corrected chi connectivity index (χ0v) is 12.1. The first kappa shape index (κ1) is 13.6. The van der Waals surface area contributed by atoms with Crippen LogP contribution in [0.2, 0.25) is 0 Å². The van der Waals surface area contributed by atoms with Gasteiger partial charge in [-0.25, -0.2) is 0 Å². The molecule has 0 heterocycles. The molecule has 0 spiro atoms. The summed E-state index contributed by atoms with van der Waals surface area (Å²) in [5.74, 6) is 0.911. The highest BCUT2D eigenvalue weighted by Crippen LogP contribution is 2.31. The molecule has 2 unspecified atom stereocenters. The van der Waals surface area contributed by atoms with Gasteiger partial charge in [0.2, 0.25) is 0 Å². The molecular formula is C17H27N. The molecule has 1 aromatic carbocycles. The third-order valence-electron chi connectivity index (χ3n) is 4.52. The van der Waals surface area contributed by atoms with E-state index in [1.165, 1.54) is 36.8 Å². The van der Waals surface area contributed by atoms with Gasteiger partial charge in [0, 0.05) is 12.1 Å². The summed E-state index contributed by atoms with van der Waals surface area (Å²) in [7, 11) is 0. The molecule has 0 amide bonds. The lowest BCUT2D eigenvalue weighted by Crippen LogP contribution is -2.39. The van der Waals surface area contributed by atoms with Crippen molar-refractivity contribution in [3.8, 4) is 0 Å². The van der Waals surface area contributed by atoms with E-state index in [4.69, 9.17) is 0 Å². The van der Waals surface area contributed by atoms with E-state index in [-0.39, 0.29) is 0 Å². The summed E-state index contributed by atoms with van der Waals surface area (Å²) in [5.41, 5.74) is 2.88. The summed E-state index contributed by atoms with van der Waals surface area (Å²) in [6.07, 6.45) is 6.56. The summed E-state index contributed by atoms with van der Waals surface area (Å²) < 4.78 is 0. The Morgan fingerprint density at radius 2 is 1.83 bits per heavy atom. The van der Waals surface area contributed by atoms with Crippen LogP contribution in [0.3, 0.4) is 0 Å². The van der Waals surface area contributed by atoms with Gasteiger partial charge in [0.15, 0.2) is 0 Å². The minimum absolute atomic E-state index is 0.520. The number of hydrogen-bond acceptors (Lipinski definition) is 1. The van der Waals surface area contributed by atoms with Gasteiger partial charge in [0.05, 0.1) is 0 Å². The maximum atomic E-state index is 3.82. The van der Waals surface area contributed by atoms with Crippen molar-refractivity contribution in [1.82, 2.24) is 5.32 Å². The van der Waals surface area contributed by atoms with Crippen molar-refractivity contribution in [3.63, 3.8) is 0 Å². The Balaban J connectivity index is 1.97. The zero-order valence-electron chi connectivity index (χ0n) is 12.1. The quantitative estimate of drug-likeness (QED) is 0.779. The number of aryl methyl sites for hydroxylation is 1. The molecule has 1 aliphatic carbocycles. The molecule has 0 saturated heterocycles. The highest BCUT2D eigenvalue weighted by atomic mass is 15.0. The first-order valence-electron chi connectivity index (χ1n) is 7.59. The molecule has 0 radical (unpaired) electrons. The van der Waals surface area contributed by atoms with Crippen LogP contribution < -0.4 is 5.32 Å². The Bertz CT molecular complexity index is 350. The van der Waals surface area contributed by atoms with E-state index in [0.717, 1.165) is 12.3 Å². The Morgan fingerprint density at radius 1 is 1.17 bits per heavy atom. The molecular weight excluding hydrogens is 218 g/mol. The largest absolute Gasteiger partial charge is 0.307 e. The van der Waals surface area contributed by atoms with Gasteiger partial charge in [-0.2, -0.15) is 0 Å². The van der Waals surface area contributed by atoms with Crippen LogP contribution >= 0.6 is 0 Å². The van der Waals surface area contributed by atoms with Crippen LogP contribution in [0.4, 0.5) is 0 Å². The van der Waals surface area contributed by atoms with Crippen LogP contribution in [-0.2, 0) is 6.42 Å². The maximum absolute atomic E-state index is 3.82. The molecule has 100 valence electrons. The van der Waals surface area contributed by atoms with E-state index in [2.05, 4.69) is 50.4 Å². The second-order valence-corrected chi connectivity index (χ2v) is 5.70.